The second-order valence-electron chi connectivity index (χ2n) is 30.7. The second-order valence-corrected chi connectivity index (χ2v) is 30.7. The summed E-state index contributed by atoms with van der Waals surface area (Å²) in [5.41, 5.74) is 7.44. The number of hydrogen-bond donors (Lipinski definition) is 10. The Hall–Kier alpha value is -13.3. The minimum atomic E-state index is -1.12. The highest BCUT2D eigenvalue weighted by atomic mass is 16.7. The van der Waals surface area contributed by atoms with E-state index in [1.807, 2.05) is 13.8 Å². The molecule has 4 rings (SSSR count). The van der Waals surface area contributed by atoms with Gasteiger partial charge < -0.3 is 90.7 Å². The number of carbonyl (C=O) groups excluding carboxylic acids is 14. The Labute approximate surface area is 744 Å². The predicted molar refractivity (Wildman–Crippen MR) is 467 cm³/mol. The Morgan fingerprint density at radius 1 is 0.453 bits per heavy atom. The lowest BCUT2D eigenvalue weighted by Gasteiger charge is -2.22. The number of rotatable bonds is 46. The van der Waals surface area contributed by atoms with Gasteiger partial charge in [-0.25, -0.2) is 19.2 Å². The molecule has 0 aliphatic carbocycles. The van der Waals surface area contributed by atoms with Crippen LogP contribution in [0.15, 0.2) is 136 Å². The summed E-state index contributed by atoms with van der Waals surface area (Å²) >= 11 is 0. The molecule has 708 valence electrons. The number of ketones is 2. The number of alkyl carbamates (subject to hydrolysis) is 2. The van der Waals surface area contributed by atoms with Crippen LogP contribution in [0.3, 0.4) is 0 Å². The van der Waals surface area contributed by atoms with Gasteiger partial charge in [0.05, 0.1) is 60.6 Å². The lowest BCUT2D eigenvalue weighted by atomic mass is 9.91. The summed E-state index contributed by atoms with van der Waals surface area (Å²) in [7, 11) is 0. The first-order valence-electron chi connectivity index (χ1n) is 40.7. The number of imide groups is 1. The second kappa shape index (κ2) is 63.6. The molecule has 0 saturated carbocycles. The molecule has 39 heteroatoms. The highest BCUT2D eigenvalue weighted by molar-refractivity contribution is 6.02. The third-order valence-corrected chi connectivity index (χ3v) is 17.9. The average Bonchev–Trinajstić information content (AvgIpc) is 1.70. The number of aliphatic carboxylic acids is 3. The number of hydroxylamine groups is 2. The maximum atomic E-state index is 12.7. The van der Waals surface area contributed by atoms with Gasteiger partial charge in [0.2, 0.25) is 17.7 Å². The number of aliphatic hydroxyl groups excluding tert-OH is 1. The number of aliphatic hydroxyl groups is 1. The van der Waals surface area contributed by atoms with Crippen molar-refractivity contribution in [1.29, 1.82) is 0 Å². The molecule has 128 heavy (non-hydrogen) atoms. The van der Waals surface area contributed by atoms with Crippen LogP contribution in [0.2, 0.25) is 0 Å². The van der Waals surface area contributed by atoms with Crippen molar-refractivity contribution < 1.29 is 145 Å². The molecule has 1 heterocycles. The van der Waals surface area contributed by atoms with E-state index in [4.69, 9.17) is 64.2 Å². The number of amides is 7. The zero-order chi connectivity index (χ0) is 98.2. The maximum absolute atomic E-state index is 12.7. The number of nitrogens with two attached hydrogens (primary N) is 1. The van der Waals surface area contributed by atoms with Crippen molar-refractivity contribution in [2.75, 3.05) is 43.7 Å². The highest BCUT2D eigenvalue weighted by Gasteiger charge is 2.38. The molecule has 0 bridgehead atoms. The van der Waals surface area contributed by atoms with E-state index in [2.05, 4.69) is 59.5 Å². The summed E-state index contributed by atoms with van der Waals surface area (Å²) < 4.78 is 34.1. The summed E-state index contributed by atoms with van der Waals surface area (Å²) in [6, 6.07) is 15.0. The van der Waals surface area contributed by atoms with Gasteiger partial charge >= 0.3 is 60.1 Å². The number of benzene rings is 3. The zero-order valence-electron chi connectivity index (χ0n) is 75.2. The number of carboxylic acid groups (broad SMARTS) is 3. The molecule has 39 nitrogen and oxygen atoms in total. The van der Waals surface area contributed by atoms with Crippen LogP contribution in [0.5, 0.6) is 5.75 Å². The highest BCUT2D eigenvalue weighted by Crippen LogP contribution is 2.25. The van der Waals surface area contributed by atoms with Gasteiger partial charge in [0.25, 0.3) is 17.5 Å². The van der Waals surface area contributed by atoms with Crippen molar-refractivity contribution in [2.24, 2.45) is 70.8 Å². The maximum Gasteiger partial charge on any atom is 0.514 e. The van der Waals surface area contributed by atoms with Crippen molar-refractivity contribution in [3.63, 3.8) is 0 Å². The van der Waals surface area contributed by atoms with Gasteiger partial charge in [-0.15, -0.1) is 5.06 Å². The van der Waals surface area contributed by atoms with Crippen molar-refractivity contribution in [2.45, 2.75) is 186 Å². The van der Waals surface area contributed by atoms with E-state index in [9.17, 15) is 91.6 Å². The number of esters is 3. The molecule has 0 spiro atoms. The predicted octanol–water partition coefficient (Wildman–Crippen LogP) is 10.9. The third kappa shape index (κ3) is 49.4. The number of nitro groups is 1. The van der Waals surface area contributed by atoms with E-state index in [1.54, 1.807) is 132 Å². The normalized spacial score (nSPS) is 13.2. The van der Waals surface area contributed by atoms with E-state index in [0.29, 0.717) is 22.0 Å². The molecule has 11 N–H and O–H groups in total. The first kappa shape index (κ1) is 117. The Bertz CT molecular complexity index is 4170. The Morgan fingerprint density at radius 3 is 1.14 bits per heavy atom. The quantitative estimate of drug-likeness (QED) is 0.00478. The van der Waals surface area contributed by atoms with Crippen molar-refractivity contribution in [1.82, 2.24) is 21.0 Å². The number of non-ortho nitro benzene ring substituents is 1. The number of nitrogens with one attached hydrogen (secondary N) is 5. The monoisotopic (exact) mass is 1800 g/mol. The van der Waals surface area contributed by atoms with Gasteiger partial charge in [-0.1, -0.05) is 184 Å². The van der Waals surface area contributed by atoms with E-state index < -0.39 is 137 Å². The number of ether oxygens (including phenoxy) is 7. The van der Waals surface area contributed by atoms with Crippen LogP contribution in [0.4, 0.5) is 31.4 Å². The largest absolute Gasteiger partial charge is 0.514 e. The zero-order valence-corrected chi connectivity index (χ0v) is 75.2. The molecule has 1 fully saturated rings. The molecule has 1 saturated heterocycles. The third-order valence-electron chi connectivity index (χ3n) is 17.9. The van der Waals surface area contributed by atoms with Crippen LogP contribution in [0.25, 0.3) is 0 Å². The Morgan fingerprint density at radius 2 is 0.820 bits per heavy atom. The van der Waals surface area contributed by atoms with Gasteiger partial charge in [-0.3, -0.25) is 72.4 Å². The summed E-state index contributed by atoms with van der Waals surface area (Å²) in [6.45, 7) is 43.3. The lowest BCUT2D eigenvalue weighted by Crippen LogP contribution is -2.45. The van der Waals surface area contributed by atoms with Crippen molar-refractivity contribution in [3.05, 3.63) is 157 Å². The average molecular weight is 1800 g/mol. The Balaban J connectivity index is 0. The first-order valence-corrected chi connectivity index (χ1v) is 40.7. The summed E-state index contributed by atoms with van der Waals surface area (Å²) in [6.07, 6.45) is 4.37. The molecular weight excluding hydrogens is 1680 g/mol. The Kier molecular flexibility index (Phi) is 58.0. The molecule has 0 radical (unpaired) electrons. The van der Waals surface area contributed by atoms with E-state index in [-0.39, 0.29) is 162 Å². The molecule has 0 aromatic heterocycles. The standard InChI is InChI=1S/C27H31N3O9.C20H28N2O5.C14H19NO6.C13H21NO5.C10H16O4.C5H11NO2/c1-5-14-37-26(33)29-24(17(2)3)23(31)15-18(4)25(32)28-20-8-6-19(7-9-20)16-38-27(34)39-22-12-10-21(11-13-22)30(35)36;1-5-10-27-20(26)22-18(13(2)3)17(24)11-14(4)19(25)21-16-8-6-15(12-23)7-9-16;1-4-7-20-13(18)8-10(9(2)3)14(19)21-15-11(16)5-6-12(15)17;1-5-6-19-11(15)7-10(8(2)3)12(16)14-9(4)13(17)18;1-4-5-14-9(11)6-8(7(2)3)10(12)13;1-3(2)4(6)5(7)8/h5-13,17-18,24H,1,14-16H2,2-4H3,(H,28,32)(H,29,33);5-9,13-14,18,23H,1,10-12H2,2-4H3,(H,21,25)(H,22,26);4,9-10H,1,5-8H2,2-3H3;5,8-10H,1,6-7H2,2-4H3,(H,14,16)(H,17,18);4,7-8H,1,5-6H2,2-3H3,(H,12,13);3-4H,6H2,1-2H3,(H,7,8)/t18-,24+;14-,18+;10-;9-,10-;8-;4-/m110000/s1. The van der Waals surface area contributed by atoms with E-state index in [1.165, 1.54) is 61.6 Å². The van der Waals surface area contributed by atoms with Gasteiger partial charge in [-0.05, 0) is 90.0 Å². The minimum Gasteiger partial charge on any atom is -0.481 e. The first-order chi connectivity index (χ1) is 60.0. The number of hydrogen-bond acceptors (Lipinski definition) is 29. The molecule has 7 amide bonds. The van der Waals surface area contributed by atoms with Crippen LogP contribution in [-0.4, -0.2) is 189 Å². The molecule has 1 aliphatic heterocycles. The molecule has 1 aliphatic rings. The van der Waals surface area contributed by atoms with Crippen molar-refractivity contribution in [3.8, 4) is 5.75 Å². The molecule has 9 atom stereocenters. The van der Waals surface area contributed by atoms with Gasteiger partial charge in [0, 0.05) is 61.0 Å². The lowest BCUT2D eigenvalue weighted by molar-refractivity contribution is -0.384. The van der Waals surface area contributed by atoms with Crippen LogP contribution in [0.1, 0.15) is 160 Å². The summed E-state index contributed by atoms with van der Waals surface area (Å²) in [4.78, 5) is 213. The number of nitrogens with zero attached hydrogens (tertiary/aromatic N) is 2. The molecule has 3 aromatic carbocycles. The number of carboxylic acids is 3. The number of Topliss-reactive ketones (excluding diaryl/α,β-unsaturated/α-hetero) is 2. The molecule has 0 unspecified atom stereocenters. The minimum absolute atomic E-state index is 0.00879. The SMILES string of the molecule is C=CCOC(=O)C[C@H](C(=O)N[C@@H](C)C(=O)O)C(C)C.C=CCOC(=O)C[C@H](C(=O)O)C(C)C.C=CCOC(=O)C[C@H](C(=O)ON1C(=O)CCC1=O)C(C)C.C=CCOC(=O)N[C@H](C(=O)C[C@@H](C)C(=O)Nc1ccc(CO)cc1)C(C)C.C=CCOC(=O)N[C@H](C(=O)C[C@@H](C)C(=O)Nc1ccc(COC(=O)Oc2ccc([N+](=O)[O-])cc2)cc1)C(C)C.CC(C)[C@H](N)C(=O)O. The summed E-state index contributed by atoms with van der Waals surface area (Å²) in [5.74, 6) is -12.1. The van der Waals surface area contributed by atoms with Crippen molar-refractivity contribution >= 4 is 118 Å². The molecular formula is C89H126N8O31. The number of carbonyl (C=O) groups is 17. The molecule has 3 aromatic rings. The van der Waals surface area contributed by atoms with Crippen LogP contribution in [-0.2, 0) is 114 Å². The summed E-state index contributed by atoms with van der Waals surface area (Å²) in [5, 5.41) is 58.8. The van der Waals surface area contributed by atoms with Gasteiger partial charge in [0.15, 0.2) is 11.6 Å². The van der Waals surface area contributed by atoms with Gasteiger partial charge in [0.1, 0.15) is 57.5 Å². The topological polar surface area (TPSA) is 577 Å². The fourth-order valence-corrected chi connectivity index (χ4v) is 10.2. The van der Waals surface area contributed by atoms with E-state index in [0.717, 1.165) is 5.56 Å². The number of anilines is 2. The van der Waals surface area contributed by atoms with Crippen LogP contribution in [0, 0.1) is 75.2 Å². The fraction of sp³-hybridized carbons (Fsp3) is 0.494. The van der Waals surface area contributed by atoms with Crippen LogP contribution < -0.4 is 37.1 Å². The number of nitro benzene ring substituents is 1. The van der Waals surface area contributed by atoms with Crippen LogP contribution >= 0.6 is 0 Å². The van der Waals surface area contributed by atoms with E-state index >= 15 is 0 Å². The fourth-order valence-electron chi connectivity index (χ4n) is 10.2. The van der Waals surface area contributed by atoms with Gasteiger partial charge in [-0.2, -0.15) is 0 Å². The smallest absolute Gasteiger partial charge is 0.481 e.